The summed E-state index contributed by atoms with van der Waals surface area (Å²) in [7, 11) is 0. The highest BCUT2D eigenvalue weighted by atomic mass is 16.5. The molecule has 2 aromatic rings. The Morgan fingerprint density at radius 3 is 2.77 bits per heavy atom. The Bertz CT molecular complexity index is 535. The molecule has 0 radical (unpaired) electrons. The lowest BCUT2D eigenvalue weighted by Gasteiger charge is -2.29. The summed E-state index contributed by atoms with van der Waals surface area (Å²) in [6.45, 7) is 4.77. The average molecular weight is 300 g/mol. The van der Waals surface area contributed by atoms with Gasteiger partial charge in [0.25, 0.3) is 0 Å². The van der Waals surface area contributed by atoms with E-state index in [9.17, 15) is 0 Å². The van der Waals surface area contributed by atoms with Crippen LogP contribution in [0.5, 0.6) is 0 Å². The normalized spacial score (nSPS) is 21.4. The quantitative estimate of drug-likeness (QED) is 0.861. The van der Waals surface area contributed by atoms with Crippen LogP contribution in [0.4, 0.5) is 0 Å². The monoisotopic (exact) mass is 300 g/mol. The summed E-state index contributed by atoms with van der Waals surface area (Å²) in [4.78, 5) is 0. The molecule has 3 atom stereocenters. The van der Waals surface area contributed by atoms with Gasteiger partial charge < -0.3 is 19.8 Å². The number of benzene rings is 1. The first kappa shape index (κ1) is 15.3. The molecule has 1 aliphatic rings. The maximum Gasteiger partial charge on any atom is 0.125 e. The van der Waals surface area contributed by atoms with E-state index in [-0.39, 0.29) is 6.04 Å². The fourth-order valence-electron chi connectivity index (χ4n) is 2.99. The molecule has 2 N–H and O–H groups in total. The van der Waals surface area contributed by atoms with Gasteiger partial charge in [0.2, 0.25) is 0 Å². The van der Waals surface area contributed by atoms with Crippen molar-refractivity contribution in [3.05, 3.63) is 60.1 Å². The van der Waals surface area contributed by atoms with Gasteiger partial charge in [-0.15, -0.1) is 0 Å². The van der Waals surface area contributed by atoms with Crippen LogP contribution in [-0.4, -0.2) is 31.8 Å². The number of hydrogen-bond donors (Lipinski definition) is 2. The van der Waals surface area contributed by atoms with E-state index in [0.717, 1.165) is 31.9 Å². The van der Waals surface area contributed by atoms with Gasteiger partial charge in [-0.2, -0.15) is 0 Å². The molecule has 0 spiro atoms. The molecule has 1 aliphatic heterocycles. The highest BCUT2D eigenvalue weighted by Crippen LogP contribution is 2.23. The minimum atomic E-state index is 0.0794. The lowest BCUT2D eigenvalue weighted by atomic mass is 10.0. The number of ether oxygens (including phenoxy) is 1. The summed E-state index contributed by atoms with van der Waals surface area (Å²) in [6.07, 6.45) is 2.76. The van der Waals surface area contributed by atoms with Gasteiger partial charge >= 0.3 is 0 Å². The van der Waals surface area contributed by atoms with Crippen molar-refractivity contribution in [3.8, 4) is 0 Å². The maximum absolute atomic E-state index is 5.64. The number of furan rings is 1. The lowest BCUT2D eigenvalue weighted by molar-refractivity contribution is 0.0708. The molecule has 3 rings (SSSR count). The Balaban J connectivity index is 1.67. The Morgan fingerprint density at radius 2 is 2.09 bits per heavy atom. The molecule has 118 valence electrons. The van der Waals surface area contributed by atoms with E-state index in [1.807, 2.05) is 18.2 Å². The van der Waals surface area contributed by atoms with Gasteiger partial charge in [-0.3, -0.25) is 0 Å². The molecule has 4 nitrogen and oxygen atoms in total. The fourth-order valence-corrected chi connectivity index (χ4v) is 2.99. The van der Waals surface area contributed by atoms with E-state index in [2.05, 4.69) is 41.8 Å². The third-order valence-electron chi connectivity index (χ3n) is 4.05. The third-order valence-corrected chi connectivity index (χ3v) is 4.05. The van der Waals surface area contributed by atoms with Crippen LogP contribution in [0.1, 0.15) is 30.7 Å². The summed E-state index contributed by atoms with van der Waals surface area (Å²) in [5.74, 6) is 0.950. The Hall–Kier alpha value is -1.62. The standard InChI is InChI=1S/C18H24N2O2/c1-14(12-16-13-21-11-9-19-16)20-18(17-8-5-10-22-17)15-6-3-2-4-7-15/h2-8,10,14,16,18-20H,9,11-13H2,1H3. The zero-order chi connectivity index (χ0) is 15.2. The highest BCUT2D eigenvalue weighted by Gasteiger charge is 2.22. The van der Waals surface area contributed by atoms with E-state index in [1.54, 1.807) is 6.26 Å². The smallest absolute Gasteiger partial charge is 0.125 e. The van der Waals surface area contributed by atoms with Crippen LogP contribution in [0.3, 0.4) is 0 Å². The van der Waals surface area contributed by atoms with Gasteiger partial charge in [0, 0.05) is 18.6 Å². The number of hydrogen-bond acceptors (Lipinski definition) is 4. The van der Waals surface area contributed by atoms with Gasteiger partial charge in [-0.25, -0.2) is 0 Å². The molecule has 1 aromatic heterocycles. The molecule has 0 amide bonds. The van der Waals surface area contributed by atoms with Gasteiger partial charge in [0.15, 0.2) is 0 Å². The SMILES string of the molecule is CC(CC1COCCN1)NC(c1ccccc1)c1ccco1. The van der Waals surface area contributed by atoms with Gasteiger partial charge in [-0.1, -0.05) is 30.3 Å². The van der Waals surface area contributed by atoms with Crippen LogP contribution < -0.4 is 10.6 Å². The van der Waals surface area contributed by atoms with Crippen LogP contribution >= 0.6 is 0 Å². The molecule has 1 fully saturated rings. The molecular formula is C18H24N2O2. The average Bonchev–Trinajstić information content (AvgIpc) is 3.08. The second-order valence-corrected chi connectivity index (χ2v) is 5.89. The topological polar surface area (TPSA) is 46.4 Å². The number of morpholine rings is 1. The summed E-state index contributed by atoms with van der Waals surface area (Å²) in [5.41, 5.74) is 1.22. The van der Waals surface area contributed by atoms with Crippen molar-refractivity contribution >= 4 is 0 Å². The number of rotatable bonds is 6. The maximum atomic E-state index is 5.64. The van der Waals surface area contributed by atoms with E-state index < -0.39 is 0 Å². The van der Waals surface area contributed by atoms with E-state index in [0.29, 0.717) is 12.1 Å². The molecule has 22 heavy (non-hydrogen) atoms. The largest absolute Gasteiger partial charge is 0.467 e. The molecule has 4 heteroatoms. The Labute approximate surface area is 131 Å². The van der Waals surface area contributed by atoms with E-state index in [4.69, 9.17) is 9.15 Å². The summed E-state index contributed by atoms with van der Waals surface area (Å²) < 4.78 is 11.2. The van der Waals surface area contributed by atoms with Crippen molar-refractivity contribution in [2.75, 3.05) is 19.8 Å². The van der Waals surface area contributed by atoms with Crippen LogP contribution in [-0.2, 0) is 4.74 Å². The third kappa shape index (κ3) is 3.97. The van der Waals surface area contributed by atoms with Gasteiger partial charge in [0.05, 0.1) is 25.5 Å². The van der Waals surface area contributed by atoms with Crippen molar-refractivity contribution in [1.82, 2.24) is 10.6 Å². The van der Waals surface area contributed by atoms with Crippen molar-refractivity contribution in [2.24, 2.45) is 0 Å². The lowest BCUT2D eigenvalue weighted by Crippen LogP contribution is -2.45. The zero-order valence-electron chi connectivity index (χ0n) is 13.0. The summed E-state index contributed by atoms with van der Waals surface area (Å²) in [6, 6.07) is 15.3. The van der Waals surface area contributed by atoms with Crippen molar-refractivity contribution in [2.45, 2.75) is 31.5 Å². The first-order valence-corrected chi connectivity index (χ1v) is 7.98. The van der Waals surface area contributed by atoms with Crippen molar-refractivity contribution in [1.29, 1.82) is 0 Å². The summed E-state index contributed by atoms with van der Waals surface area (Å²) >= 11 is 0. The fraction of sp³-hybridized carbons (Fsp3) is 0.444. The van der Waals surface area contributed by atoms with Gasteiger partial charge in [-0.05, 0) is 31.0 Å². The summed E-state index contributed by atoms with van der Waals surface area (Å²) in [5, 5.41) is 7.20. The minimum Gasteiger partial charge on any atom is -0.467 e. The molecule has 3 unspecified atom stereocenters. The molecule has 0 aliphatic carbocycles. The van der Waals surface area contributed by atoms with Crippen molar-refractivity contribution in [3.63, 3.8) is 0 Å². The van der Waals surface area contributed by atoms with Gasteiger partial charge in [0.1, 0.15) is 5.76 Å². The molecule has 1 saturated heterocycles. The highest BCUT2D eigenvalue weighted by molar-refractivity contribution is 5.26. The predicted octanol–water partition coefficient (Wildman–Crippen LogP) is 2.73. The van der Waals surface area contributed by atoms with E-state index in [1.165, 1.54) is 5.56 Å². The molecule has 1 aromatic carbocycles. The van der Waals surface area contributed by atoms with Crippen LogP contribution in [0.25, 0.3) is 0 Å². The second kappa shape index (κ2) is 7.58. The zero-order valence-corrected chi connectivity index (χ0v) is 13.0. The van der Waals surface area contributed by atoms with Crippen molar-refractivity contribution < 1.29 is 9.15 Å². The Kier molecular flexibility index (Phi) is 5.27. The minimum absolute atomic E-state index is 0.0794. The second-order valence-electron chi connectivity index (χ2n) is 5.89. The molecule has 0 saturated carbocycles. The first-order chi connectivity index (χ1) is 10.8. The predicted molar refractivity (Wildman–Crippen MR) is 86.8 cm³/mol. The van der Waals surface area contributed by atoms with Crippen LogP contribution in [0, 0.1) is 0 Å². The van der Waals surface area contributed by atoms with Crippen LogP contribution in [0.2, 0.25) is 0 Å². The molecule has 0 bridgehead atoms. The number of nitrogens with one attached hydrogen (secondary N) is 2. The molecule has 2 heterocycles. The Morgan fingerprint density at radius 1 is 1.23 bits per heavy atom. The van der Waals surface area contributed by atoms with E-state index >= 15 is 0 Å². The molecular weight excluding hydrogens is 276 g/mol. The van der Waals surface area contributed by atoms with Crippen LogP contribution in [0.15, 0.2) is 53.1 Å². The first-order valence-electron chi connectivity index (χ1n) is 7.98.